The first-order valence-electron chi connectivity index (χ1n) is 7.52. The first-order valence-corrected chi connectivity index (χ1v) is 7.52. The second kappa shape index (κ2) is 4.70. The van der Waals surface area contributed by atoms with Crippen molar-refractivity contribution in [2.24, 2.45) is 11.1 Å². The van der Waals surface area contributed by atoms with Gasteiger partial charge in [-0.15, -0.1) is 0 Å². The van der Waals surface area contributed by atoms with Crippen molar-refractivity contribution in [1.82, 2.24) is 4.57 Å². The normalized spacial score (nSPS) is 20.4. The molecular formula is C18H23FN2. The highest BCUT2D eigenvalue weighted by Gasteiger charge is 2.33. The van der Waals surface area contributed by atoms with E-state index in [0.717, 1.165) is 24.1 Å². The van der Waals surface area contributed by atoms with Crippen LogP contribution in [0.2, 0.25) is 0 Å². The van der Waals surface area contributed by atoms with E-state index in [1.807, 2.05) is 13.0 Å². The fourth-order valence-corrected chi connectivity index (χ4v) is 3.65. The molecule has 2 nitrogen and oxygen atoms in total. The Hall–Kier alpha value is -1.61. The maximum atomic E-state index is 13.4. The summed E-state index contributed by atoms with van der Waals surface area (Å²) in [7, 11) is 0. The zero-order valence-electron chi connectivity index (χ0n) is 13.2. The molecule has 1 aromatic carbocycles. The fourth-order valence-electron chi connectivity index (χ4n) is 3.65. The average molecular weight is 286 g/mol. The molecule has 0 aliphatic heterocycles. The molecule has 1 aliphatic carbocycles. The van der Waals surface area contributed by atoms with Crippen LogP contribution in [0.25, 0.3) is 5.69 Å². The van der Waals surface area contributed by atoms with Crippen LogP contribution in [0.3, 0.4) is 0 Å². The predicted octanol–water partition coefficient (Wildman–Crippen LogP) is 4.21. The van der Waals surface area contributed by atoms with Crippen LogP contribution in [0.4, 0.5) is 4.39 Å². The van der Waals surface area contributed by atoms with E-state index in [4.69, 9.17) is 5.73 Å². The topological polar surface area (TPSA) is 30.9 Å². The molecule has 3 heteroatoms. The number of aryl methyl sites for hydroxylation is 2. The molecule has 0 saturated heterocycles. The Morgan fingerprint density at radius 2 is 1.95 bits per heavy atom. The van der Waals surface area contributed by atoms with Crippen LogP contribution in [-0.2, 0) is 6.42 Å². The SMILES string of the molecule is Cc1cc(F)ccc1-n1c(C)cc2c1CC(C)(C)CC2N. The van der Waals surface area contributed by atoms with Crippen LogP contribution in [0.1, 0.15) is 48.8 Å². The molecule has 0 bridgehead atoms. The zero-order chi connectivity index (χ0) is 15.4. The first kappa shape index (κ1) is 14.3. The predicted molar refractivity (Wildman–Crippen MR) is 84.2 cm³/mol. The minimum absolute atomic E-state index is 0.0875. The lowest BCUT2D eigenvalue weighted by Gasteiger charge is -2.34. The Bertz CT molecular complexity index is 697. The summed E-state index contributed by atoms with van der Waals surface area (Å²) < 4.78 is 15.6. The molecule has 1 aromatic heterocycles. The van der Waals surface area contributed by atoms with Gasteiger partial charge in [-0.25, -0.2) is 4.39 Å². The van der Waals surface area contributed by atoms with Crippen molar-refractivity contribution in [3.63, 3.8) is 0 Å². The molecule has 112 valence electrons. The standard InChI is InChI=1S/C18H23FN2/c1-11-7-13(19)5-6-16(11)21-12(2)8-14-15(20)9-18(3,4)10-17(14)21/h5-8,15H,9-10,20H2,1-4H3. The highest BCUT2D eigenvalue weighted by Crippen LogP contribution is 2.42. The lowest BCUT2D eigenvalue weighted by Crippen LogP contribution is -2.30. The molecule has 0 amide bonds. The molecule has 21 heavy (non-hydrogen) atoms. The van der Waals surface area contributed by atoms with Gasteiger partial charge in [-0.3, -0.25) is 0 Å². The minimum Gasteiger partial charge on any atom is -0.324 e. The Balaban J connectivity index is 2.21. The summed E-state index contributed by atoms with van der Waals surface area (Å²) in [5.41, 5.74) is 12.3. The molecule has 0 saturated carbocycles. The van der Waals surface area contributed by atoms with Crippen LogP contribution in [0.5, 0.6) is 0 Å². The van der Waals surface area contributed by atoms with Gasteiger partial charge in [0.1, 0.15) is 5.82 Å². The summed E-state index contributed by atoms with van der Waals surface area (Å²) in [5.74, 6) is -0.188. The van der Waals surface area contributed by atoms with Gasteiger partial charge in [0.15, 0.2) is 0 Å². The van der Waals surface area contributed by atoms with Crippen LogP contribution < -0.4 is 5.73 Å². The van der Waals surface area contributed by atoms with E-state index in [0.29, 0.717) is 0 Å². The van der Waals surface area contributed by atoms with E-state index in [-0.39, 0.29) is 17.3 Å². The molecule has 2 aromatic rings. The van der Waals surface area contributed by atoms with E-state index in [9.17, 15) is 4.39 Å². The van der Waals surface area contributed by atoms with Gasteiger partial charge in [0.05, 0.1) is 0 Å². The summed E-state index contributed by atoms with van der Waals surface area (Å²) in [6.07, 6.45) is 2.01. The third-order valence-electron chi connectivity index (χ3n) is 4.54. The molecule has 0 fully saturated rings. The van der Waals surface area contributed by atoms with E-state index < -0.39 is 0 Å². The van der Waals surface area contributed by atoms with Crippen molar-refractivity contribution < 1.29 is 4.39 Å². The second-order valence-electron chi connectivity index (χ2n) is 7.11. The number of aromatic nitrogens is 1. The van der Waals surface area contributed by atoms with E-state index in [1.165, 1.54) is 23.0 Å². The van der Waals surface area contributed by atoms with Gasteiger partial charge in [-0.05, 0) is 67.5 Å². The van der Waals surface area contributed by atoms with Gasteiger partial charge in [0.2, 0.25) is 0 Å². The number of benzene rings is 1. The molecule has 2 N–H and O–H groups in total. The van der Waals surface area contributed by atoms with E-state index >= 15 is 0 Å². The summed E-state index contributed by atoms with van der Waals surface area (Å²) in [4.78, 5) is 0. The number of rotatable bonds is 1. The molecule has 0 spiro atoms. The number of nitrogens with two attached hydrogens (primary N) is 1. The van der Waals surface area contributed by atoms with Gasteiger partial charge in [-0.1, -0.05) is 13.8 Å². The highest BCUT2D eigenvalue weighted by atomic mass is 19.1. The Morgan fingerprint density at radius 3 is 2.62 bits per heavy atom. The van der Waals surface area contributed by atoms with Crippen LogP contribution in [0, 0.1) is 25.1 Å². The number of fused-ring (bicyclic) bond motifs is 1. The second-order valence-corrected chi connectivity index (χ2v) is 7.11. The summed E-state index contributed by atoms with van der Waals surface area (Å²) in [6, 6.07) is 7.27. The van der Waals surface area contributed by atoms with Gasteiger partial charge < -0.3 is 10.3 Å². The Labute approximate surface area is 125 Å². The monoisotopic (exact) mass is 286 g/mol. The molecule has 1 aliphatic rings. The van der Waals surface area contributed by atoms with Gasteiger partial charge in [0, 0.05) is 23.1 Å². The van der Waals surface area contributed by atoms with E-state index in [2.05, 4.69) is 31.4 Å². The molecule has 3 rings (SSSR count). The van der Waals surface area contributed by atoms with Crippen molar-refractivity contribution >= 4 is 0 Å². The fraction of sp³-hybridized carbons (Fsp3) is 0.444. The molecule has 1 atom stereocenters. The zero-order valence-corrected chi connectivity index (χ0v) is 13.2. The number of nitrogens with zero attached hydrogens (tertiary/aromatic N) is 1. The Kier molecular flexibility index (Phi) is 3.21. The van der Waals surface area contributed by atoms with Crippen LogP contribution >= 0.6 is 0 Å². The van der Waals surface area contributed by atoms with Crippen molar-refractivity contribution in [3.8, 4) is 5.69 Å². The largest absolute Gasteiger partial charge is 0.324 e. The van der Waals surface area contributed by atoms with Crippen molar-refractivity contribution in [3.05, 3.63) is 52.6 Å². The van der Waals surface area contributed by atoms with Crippen LogP contribution in [-0.4, -0.2) is 4.57 Å². The van der Waals surface area contributed by atoms with Gasteiger partial charge in [0.25, 0.3) is 0 Å². The van der Waals surface area contributed by atoms with Gasteiger partial charge in [-0.2, -0.15) is 0 Å². The van der Waals surface area contributed by atoms with E-state index in [1.54, 1.807) is 6.07 Å². The third-order valence-corrected chi connectivity index (χ3v) is 4.54. The quantitative estimate of drug-likeness (QED) is 0.836. The maximum Gasteiger partial charge on any atom is 0.123 e. The highest BCUT2D eigenvalue weighted by molar-refractivity contribution is 5.48. The smallest absolute Gasteiger partial charge is 0.123 e. The minimum atomic E-state index is -0.188. The average Bonchev–Trinajstić information content (AvgIpc) is 2.65. The Morgan fingerprint density at radius 1 is 1.24 bits per heavy atom. The van der Waals surface area contributed by atoms with Crippen molar-refractivity contribution in [2.75, 3.05) is 0 Å². The number of hydrogen-bond acceptors (Lipinski definition) is 1. The summed E-state index contributed by atoms with van der Waals surface area (Å²) in [6.45, 7) is 8.58. The maximum absolute atomic E-state index is 13.4. The van der Waals surface area contributed by atoms with Crippen molar-refractivity contribution in [2.45, 2.75) is 46.6 Å². The van der Waals surface area contributed by atoms with Crippen molar-refractivity contribution in [1.29, 1.82) is 0 Å². The third kappa shape index (κ3) is 2.40. The van der Waals surface area contributed by atoms with Gasteiger partial charge >= 0.3 is 0 Å². The summed E-state index contributed by atoms with van der Waals surface area (Å²) in [5, 5.41) is 0. The first-order chi connectivity index (χ1) is 9.78. The van der Waals surface area contributed by atoms with Crippen LogP contribution in [0.15, 0.2) is 24.3 Å². The lowest BCUT2D eigenvalue weighted by molar-refractivity contribution is 0.278. The number of hydrogen-bond donors (Lipinski definition) is 1. The lowest BCUT2D eigenvalue weighted by atomic mass is 9.74. The molecule has 1 unspecified atom stereocenters. The molecule has 0 radical (unpaired) electrons. The molecular weight excluding hydrogens is 263 g/mol. The molecule has 1 heterocycles. The number of halogens is 1. The summed E-state index contributed by atoms with van der Waals surface area (Å²) >= 11 is 0.